The van der Waals surface area contributed by atoms with Crippen LogP contribution < -0.4 is 10.6 Å². The molecule has 2 aromatic heterocycles. The number of primary amides is 1. The zero-order chi connectivity index (χ0) is 31.4. The highest BCUT2D eigenvalue weighted by Crippen LogP contribution is 2.52. The van der Waals surface area contributed by atoms with Crippen molar-refractivity contribution in [1.82, 2.24) is 9.88 Å². The van der Waals surface area contributed by atoms with E-state index in [2.05, 4.69) is 4.98 Å². The molecule has 7 rings (SSSR count). The van der Waals surface area contributed by atoms with Gasteiger partial charge in [0.1, 0.15) is 11.1 Å². The normalized spacial score (nSPS) is 28.4. The number of oxazole rings is 1. The van der Waals surface area contributed by atoms with Gasteiger partial charge in [0.15, 0.2) is 46.0 Å². The minimum atomic E-state index is -2.74. The van der Waals surface area contributed by atoms with Gasteiger partial charge in [0.25, 0.3) is 5.89 Å². The Kier molecular flexibility index (Phi) is 6.01. The number of rotatable bonds is 4. The molecule has 1 amide bonds. The molecule has 2 saturated carbocycles. The van der Waals surface area contributed by atoms with Gasteiger partial charge in [-0.1, -0.05) is 18.2 Å². The SMILES string of the molecule is CN(C)c1cc2nc(-c3cc4ccccc4o3)oc2c2c1C[C@H]1C[C@H]3[C@H](N(C)C)C(=O)C(C(N)=O)C(=O)[C@@]3(O)C(=O)C1C2=O. The Morgan fingerprint density at radius 3 is 2.43 bits per heavy atom. The zero-order valence-corrected chi connectivity index (χ0v) is 24.5. The van der Waals surface area contributed by atoms with E-state index in [-0.39, 0.29) is 29.9 Å². The minimum absolute atomic E-state index is 0.0233. The molecule has 12 nitrogen and oxygen atoms in total. The number of para-hydroxylation sites is 1. The Labute approximate surface area is 250 Å². The average Bonchev–Trinajstić information content (AvgIpc) is 3.58. The van der Waals surface area contributed by atoms with Crippen LogP contribution in [0.25, 0.3) is 33.7 Å². The summed E-state index contributed by atoms with van der Waals surface area (Å²) in [6.45, 7) is 0. The Morgan fingerprint density at radius 1 is 1.05 bits per heavy atom. The second kappa shape index (κ2) is 9.41. The second-order valence-electron chi connectivity index (χ2n) is 12.4. The summed E-state index contributed by atoms with van der Waals surface area (Å²) in [5, 5.41) is 12.7. The zero-order valence-electron chi connectivity index (χ0n) is 24.5. The summed E-state index contributed by atoms with van der Waals surface area (Å²) in [6.07, 6.45) is 0.269. The number of carbonyl (C=O) groups excluding carboxylic acids is 5. The molecule has 2 unspecified atom stereocenters. The molecule has 226 valence electrons. The van der Waals surface area contributed by atoms with E-state index in [1.807, 2.05) is 49.3 Å². The van der Waals surface area contributed by atoms with Crippen LogP contribution in [-0.4, -0.2) is 83.9 Å². The molecule has 0 spiro atoms. The molecule has 2 heterocycles. The van der Waals surface area contributed by atoms with Gasteiger partial charge in [0.05, 0.1) is 17.5 Å². The third-order valence-corrected chi connectivity index (χ3v) is 9.54. The molecule has 0 radical (unpaired) electrons. The Balaban J connectivity index is 1.39. The van der Waals surface area contributed by atoms with Crippen molar-refractivity contribution in [3.63, 3.8) is 0 Å². The highest BCUT2D eigenvalue weighted by molar-refractivity contribution is 6.32. The van der Waals surface area contributed by atoms with E-state index >= 15 is 0 Å². The summed E-state index contributed by atoms with van der Waals surface area (Å²) in [4.78, 5) is 75.7. The number of Topliss-reactive ketones (excluding diaryl/α,β-unsaturated/α-hetero) is 4. The van der Waals surface area contributed by atoms with Crippen LogP contribution in [0.3, 0.4) is 0 Å². The quantitative estimate of drug-likeness (QED) is 0.327. The maximum Gasteiger partial charge on any atom is 0.264 e. The lowest BCUT2D eigenvalue weighted by Gasteiger charge is -2.52. The maximum absolute atomic E-state index is 14.4. The van der Waals surface area contributed by atoms with Crippen LogP contribution in [0.15, 0.2) is 45.2 Å². The number of fused-ring (bicyclic) bond motifs is 6. The van der Waals surface area contributed by atoms with E-state index in [9.17, 15) is 29.1 Å². The molecule has 3 aliphatic rings. The summed E-state index contributed by atoms with van der Waals surface area (Å²) in [6, 6.07) is 9.88. The topological polar surface area (TPSA) is 177 Å². The fourth-order valence-electron chi connectivity index (χ4n) is 7.63. The van der Waals surface area contributed by atoms with Gasteiger partial charge in [-0.3, -0.25) is 28.9 Å². The van der Waals surface area contributed by atoms with Crippen molar-refractivity contribution in [2.24, 2.45) is 29.4 Å². The van der Waals surface area contributed by atoms with Crippen molar-refractivity contribution in [2.75, 3.05) is 33.1 Å². The molecule has 2 aromatic carbocycles. The maximum atomic E-state index is 14.4. The number of amides is 1. The lowest BCUT2D eigenvalue weighted by Crippen LogP contribution is -2.74. The van der Waals surface area contributed by atoms with E-state index in [1.54, 1.807) is 20.2 Å². The summed E-state index contributed by atoms with van der Waals surface area (Å²) < 4.78 is 12.1. The van der Waals surface area contributed by atoms with Crippen LogP contribution in [0.5, 0.6) is 0 Å². The van der Waals surface area contributed by atoms with Crippen molar-refractivity contribution in [2.45, 2.75) is 24.5 Å². The number of hydrogen-bond acceptors (Lipinski definition) is 11. The molecule has 12 heteroatoms. The van der Waals surface area contributed by atoms with Crippen molar-refractivity contribution in [3.05, 3.63) is 47.5 Å². The first-order valence-corrected chi connectivity index (χ1v) is 14.3. The first-order valence-electron chi connectivity index (χ1n) is 14.3. The number of hydrogen-bond donors (Lipinski definition) is 2. The fraction of sp³-hybridized carbons (Fsp3) is 0.375. The third kappa shape index (κ3) is 3.64. The van der Waals surface area contributed by atoms with Crippen LogP contribution in [-0.2, 0) is 25.6 Å². The van der Waals surface area contributed by atoms with Gasteiger partial charge < -0.3 is 24.6 Å². The first kappa shape index (κ1) is 28.1. The molecule has 4 aromatic rings. The number of benzene rings is 2. The number of aliphatic hydroxyl groups is 1. The van der Waals surface area contributed by atoms with Crippen molar-refractivity contribution in [3.8, 4) is 11.7 Å². The summed E-state index contributed by atoms with van der Waals surface area (Å²) in [5.74, 6) is -9.57. The second-order valence-corrected chi connectivity index (χ2v) is 12.4. The Bertz CT molecular complexity index is 1920. The van der Waals surface area contributed by atoms with Gasteiger partial charge in [-0.15, -0.1) is 0 Å². The fourth-order valence-corrected chi connectivity index (χ4v) is 7.63. The molecule has 6 atom stereocenters. The first-order chi connectivity index (χ1) is 20.8. The highest BCUT2D eigenvalue weighted by Gasteiger charge is 2.69. The summed E-state index contributed by atoms with van der Waals surface area (Å²) in [7, 11) is 6.79. The van der Waals surface area contributed by atoms with E-state index in [0.29, 0.717) is 28.1 Å². The van der Waals surface area contributed by atoms with Gasteiger partial charge in [0.2, 0.25) is 5.91 Å². The summed E-state index contributed by atoms with van der Waals surface area (Å²) >= 11 is 0. The van der Waals surface area contributed by atoms with Crippen molar-refractivity contribution in [1.29, 1.82) is 0 Å². The lowest BCUT2D eigenvalue weighted by molar-refractivity contribution is -0.181. The minimum Gasteiger partial charge on any atom is -0.451 e. The molecule has 3 N–H and O–H groups in total. The monoisotopic (exact) mass is 598 g/mol. The third-order valence-electron chi connectivity index (χ3n) is 9.54. The van der Waals surface area contributed by atoms with Crippen LogP contribution in [0.1, 0.15) is 22.3 Å². The van der Waals surface area contributed by atoms with Gasteiger partial charge in [-0.2, -0.15) is 0 Å². The molecule has 0 saturated heterocycles. The smallest absolute Gasteiger partial charge is 0.264 e. The molecule has 44 heavy (non-hydrogen) atoms. The number of anilines is 1. The van der Waals surface area contributed by atoms with Crippen molar-refractivity contribution < 1.29 is 37.9 Å². The number of nitrogens with two attached hydrogens (primary N) is 1. The lowest BCUT2D eigenvalue weighted by atomic mass is 9.52. The van der Waals surface area contributed by atoms with Gasteiger partial charge >= 0.3 is 0 Å². The highest BCUT2D eigenvalue weighted by atomic mass is 16.4. The number of aromatic nitrogens is 1. The molecule has 0 aliphatic heterocycles. The van der Waals surface area contributed by atoms with Gasteiger partial charge in [0, 0.05) is 31.1 Å². The molecule has 0 bridgehead atoms. The van der Waals surface area contributed by atoms with Crippen LogP contribution >= 0.6 is 0 Å². The molecular weight excluding hydrogens is 568 g/mol. The van der Waals surface area contributed by atoms with Crippen LogP contribution in [0, 0.1) is 23.7 Å². The number of ketones is 4. The summed E-state index contributed by atoms with van der Waals surface area (Å²) in [5.41, 5.74) is 5.34. The predicted octanol–water partition coefficient (Wildman–Crippen LogP) is 1.78. The van der Waals surface area contributed by atoms with E-state index in [4.69, 9.17) is 14.6 Å². The van der Waals surface area contributed by atoms with Crippen molar-refractivity contribution >= 4 is 56.8 Å². The van der Waals surface area contributed by atoms with Gasteiger partial charge in [-0.05, 0) is 56.6 Å². The number of likely N-dealkylation sites (N-methyl/N-ethyl adjacent to an activating group) is 1. The Morgan fingerprint density at radius 2 is 1.77 bits per heavy atom. The molecule has 3 aliphatic carbocycles. The largest absolute Gasteiger partial charge is 0.451 e. The van der Waals surface area contributed by atoms with Crippen LogP contribution in [0.2, 0.25) is 0 Å². The van der Waals surface area contributed by atoms with E-state index in [1.165, 1.54) is 4.90 Å². The van der Waals surface area contributed by atoms with Crippen LogP contribution in [0.4, 0.5) is 5.69 Å². The predicted molar refractivity (Wildman–Crippen MR) is 157 cm³/mol. The number of furan rings is 1. The average molecular weight is 599 g/mol. The van der Waals surface area contributed by atoms with E-state index in [0.717, 1.165) is 5.39 Å². The number of nitrogens with zero attached hydrogens (tertiary/aromatic N) is 3. The Hall–Kier alpha value is -4.68. The standard InChI is InChI=1S/C32H30N4O8/c1-35(2)18-12-17-27(44-31(34-17)20-11-13-7-5-6-8-19(13)43-20)22-15(18)9-14-10-16-24(36(3)4)26(38)23(30(33)41)29(40)32(16,42)28(39)21(14)25(22)37/h5-8,11-12,14,16,21,23-24,42H,9-10H2,1-4H3,(H2,33,41)/t14-,16-,21?,23?,24-,32-/m0/s1. The van der Waals surface area contributed by atoms with E-state index < -0.39 is 64.4 Å². The number of carbonyl (C=O) groups is 5. The molecular formula is C32H30N4O8. The molecule has 2 fully saturated rings. The van der Waals surface area contributed by atoms with Gasteiger partial charge in [-0.25, -0.2) is 4.98 Å².